The fraction of sp³-hybridized carbons (Fsp3) is 0.611. The number of halogens is 1. The highest BCUT2D eigenvalue weighted by Crippen LogP contribution is 2.19. The molecule has 4 nitrogen and oxygen atoms in total. The van der Waals surface area contributed by atoms with Crippen LogP contribution < -0.4 is 11.1 Å². The maximum Gasteiger partial charge on any atom is 0.253 e. The number of anilines is 1. The van der Waals surface area contributed by atoms with Crippen molar-refractivity contribution in [3.8, 4) is 0 Å². The van der Waals surface area contributed by atoms with Crippen molar-refractivity contribution in [3.05, 3.63) is 28.8 Å². The fourth-order valence-electron chi connectivity index (χ4n) is 2.61. The van der Waals surface area contributed by atoms with Crippen molar-refractivity contribution in [1.29, 1.82) is 0 Å². The van der Waals surface area contributed by atoms with E-state index in [1.165, 1.54) is 12.8 Å². The Morgan fingerprint density at radius 3 is 2.48 bits per heavy atom. The molecule has 5 heteroatoms. The normalized spacial score (nSPS) is 15.7. The van der Waals surface area contributed by atoms with E-state index in [9.17, 15) is 4.79 Å². The van der Waals surface area contributed by atoms with Crippen molar-refractivity contribution in [3.63, 3.8) is 0 Å². The molecule has 1 aliphatic rings. The molecule has 0 spiro atoms. The summed E-state index contributed by atoms with van der Waals surface area (Å²) in [6.45, 7) is 9.67. The lowest BCUT2D eigenvalue weighted by Gasteiger charge is -2.32. The van der Waals surface area contributed by atoms with Gasteiger partial charge in [-0.15, -0.1) is 0 Å². The van der Waals surface area contributed by atoms with E-state index in [2.05, 4.69) is 31.0 Å². The molecule has 1 saturated heterocycles. The van der Waals surface area contributed by atoms with Crippen LogP contribution in [0.4, 0.5) is 5.69 Å². The first-order valence-corrected chi connectivity index (χ1v) is 8.97. The summed E-state index contributed by atoms with van der Waals surface area (Å²) >= 11 is 5.92. The lowest BCUT2D eigenvalue weighted by Crippen LogP contribution is -2.44. The van der Waals surface area contributed by atoms with Gasteiger partial charge in [0.15, 0.2) is 0 Å². The summed E-state index contributed by atoms with van der Waals surface area (Å²) < 4.78 is 0. The maximum absolute atomic E-state index is 12.2. The van der Waals surface area contributed by atoms with Gasteiger partial charge in [0.2, 0.25) is 0 Å². The first-order valence-electron chi connectivity index (χ1n) is 8.59. The zero-order chi connectivity index (χ0) is 17.2. The summed E-state index contributed by atoms with van der Waals surface area (Å²) in [6.07, 6.45) is 4.41. The smallest absolute Gasteiger partial charge is 0.253 e. The van der Waals surface area contributed by atoms with Crippen LogP contribution in [0.5, 0.6) is 0 Å². The average molecular weight is 340 g/mol. The summed E-state index contributed by atoms with van der Waals surface area (Å²) in [5, 5.41) is 3.59. The molecule has 1 aliphatic heterocycles. The monoisotopic (exact) mass is 339 g/mol. The highest BCUT2D eigenvalue weighted by Gasteiger charge is 2.21. The van der Waals surface area contributed by atoms with E-state index in [4.69, 9.17) is 17.3 Å². The molecular weight excluding hydrogens is 310 g/mol. The lowest BCUT2D eigenvalue weighted by atomic mass is 10.0. The lowest BCUT2D eigenvalue weighted by molar-refractivity contribution is 0.0912. The minimum absolute atomic E-state index is 0.126. The Balaban J connectivity index is 0.000000816. The molecule has 0 bridgehead atoms. The van der Waals surface area contributed by atoms with Crippen LogP contribution in [-0.2, 0) is 0 Å². The zero-order valence-electron chi connectivity index (χ0n) is 14.6. The third-order valence-electron chi connectivity index (χ3n) is 3.72. The number of carbonyl (C=O) groups excluding carboxylic acids is 1. The van der Waals surface area contributed by atoms with Crippen molar-refractivity contribution >= 4 is 23.2 Å². The molecule has 1 aromatic carbocycles. The molecule has 0 unspecified atom stereocenters. The Morgan fingerprint density at radius 2 is 1.91 bits per heavy atom. The van der Waals surface area contributed by atoms with E-state index >= 15 is 0 Å². The molecule has 1 aromatic rings. The molecule has 130 valence electrons. The molecule has 2 rings (SSSR count). The molecule has 1 fully saturated rings. The maximum atomic E-state index is 12.2. The predicted octanol–water partition coefficient (Wildman–Crippen LogP) is 3.94. The van der Waals surface area contributed by atoms with Crippen LogP contribution in [-0.4, -0.2) is 36.5 Å². The van der Waals surface area contributed by atoms with E-state index in [-0.39, 0.29) is 11.9 Å². The van der Waals surface area contributed by atoms with Gasteiger partial charge < -0.3 is 16.0 Å². The second-order valence-corrected chi connectivity index (χ2v) is 6.46. The molecular formula is C18H30ClN3O. The number of carbonyl (C=O) groups is 1. The van der Waals surface area contributed by atoms with E-state index in [0.717, 1.165) is 32.5 Å². The Morgan fingerprint density at radius 1 is 1.30 bits per heavy atom. The second kappa shape index (κ2) is 10.5. The Hall–Kier alpha value is -1.26. The number of amides is 1. The first kappa shape index (κ1) is 19.8. The highest BCUT2D eigenvalue weighted by atomic mass is 35.5. The second-order valence-electron chi connectivity index (χ2n) is 6.03. The summed E-state index contributed by atoms with van der Waals surface area (Å²) in [4.78, 5) is 14.7. The van der Waals surface area contributed by atoms with Gasteiger partial charge in [-0.3, -0.25) is 4.79 Å². The summed E-state index contributed by atoms with van der Waals surface area (Å²) in [5.74, 6) is -0.126. The van der Waals surface area contributed by atoms with Crippen LogP contribution in [0.25, 0.3) is 0 Å². The average Bonchev–Trinajstić information content (AvgIpc) is 2.52. The number of nitrogens with two attached hydrogens (primary N) is 1. The molecule has 0 radical (unpaired) electrons. The predicted molar refractivity (Wildman–Crippen MR) is 99.0 cm³/mol. The largest absolute Gasteiger partial charge is 0.398 e. The van der Waals surface area contributed by atoms with Gasteiger partial charge in [0, 0.05) is 29.8 Å². The Kier molecular flexibility index (Phi) is 9.03. The molecule has 1 heterocycles. The third kappa shape index (κ3) is 6.80. The molecule has 23 heavy (non-hydrogen) atoms. The fourth-order valence-corrected chi connectivity index (χ4v) is 2.78. The zero-order valence-corrected chi connectivity index (χ0v) is 15.3. The molecule has 1 amide bonds. The van der Waals surface area contributed by atoms with Crippen LogP contribution >= 0.6 is 11.6 Å². The minimum atomic E-state index is -0.126. The number of nitrogen functional groups attached to an aromatic ring is 1. The Bertz CT molecular complexity index is 485. The quantitative estimate of drug-likeness (QED) is 0.817. The number of piperidine rings is 1. The minimum Gasteiger partial charge on any atom is -0.398 e. The number of hydrogen-bond donors (Lipinski definition) is 2. The topological polar surface area (TPSA) is 58.4 Å². The number of nitrogens with zero attached hydrogens (tertiary/aromatic N) is 1. The van der Waals surface area contributed by atoms with Crippen LogP contribution in [0.15, 0.2) is 18.2 Å². The van der Waals surface area contributed by atoms with Gasteiger partial charge in [-0.25, -0.2) is 0 Å². The van der Waals surface area contributed by atoms with Gasteiger partial charge in [0.05, 0.1) is 5.56 Å². The van der Waals surface area contributed by atoms with Gasteiger partial charge in [0.1, 0.15) is 0 Å². The van der Waals surface area contributed by atoms with Crippen molar-refractivity contribution in [1.82, 2.24) is 10.2 Å². The van der Waals surface area contributed by atoms with E-state index in [1.54, 1.807) is 18.2 Å². The van der Waals surface area contributed by atoms with E-state index in [1.807, 2.05) is 0 Å². The number of hydrogen-bond acceptors (Lipinski definition) is 3. The van der Waals surface area contributed by atoms with Gasteiger partial charge in [-0.2, -0.15) is 0 Å². The van der Waals surface area contributed by atoms with Gasteiger partial charge in [0.25, 0.3) is 5.91 Å². The number of benzene rings is 1. The summed E-state index contributed by atoms with van der Waals surface area (Å²) in [7, 11) is 0. The van der Waals surface area contributed by atoms with Crippen LogP contribution in [0.2, 0.25) is 5.02 Å². The summed E-state index contributed by atoms with van der Waals surface area (Å²) in [6, 6.07) is 5.21. The number of rotatable bonds is 4. The van der Waals surface area contributed by atoms with Crippen molar-refractivity contribution in [2.24, 2.45) is 0 Å². The first-order chi connectivity index (χ1) is 11.0. The van der Waals surface area contributed by atoms with Crippen molar-refractivity contribution in [2.75, 3.05) is 25.4 Å². The van der Waals surface area contributed by atoms with Crippen LogP contribution in [0.3, 0.4) is 0 Å². The molecule has 3 N–H and O–H groups in total. The van der Waals surface area contributed by atoms with E-state index in [0.29, 0.717) is 16.3 Å². The number of nitrogens with one attached hydrogen (secondary N) is 1. The van der Waals surface area contributed by atoms with Gasteiger partial charge in [-0.1, -0.05) is 38.8 Å². The van der Waals surface area contributed by atoms with Crippen molar-refractivity contribution in [2.45, 2.75) is 52.5 Å². The SMILES string of the molecule is CCC.CCCN1CCC(NC(=O)c2cc(Cl)ccc2N)CC1. The van der Waals surface area contributed by atoms with E-state index < -0.39 is 0 Å². The Labute approximate surface area is 145 Å². The van der Waals surface area contributed by atoms with Gasteiger partial charge >= 0.3 is 0 Å². The van der Waals surface area contributed by atoms with Crippen LogP contribution in [0, 0.1) is 0 Å². The molecule has 0 aromatic heterocycles. The van der Waals surface area contributed by atoms with Crippen LogP contribution in [0.1, 0.15) is 56.8 Å². The third-order valence-corrected chi connectivity index (χ3v) is 3.96. The molecule has 0 aliphatic carbocycles. The number of likely N-dealkylation sites (tertiary alicyclic amines) is 1. The standard InChI is InChI=1S/C15H22ClN3O.C3H8/c1-2-7-19-8-5-12(6-9-19)18-15(20)13-10-11(16)3-4-14(13)17;1-3-2/h3-4,10,12H,2,5-9,17H2,1H3,(H,18,20);3H2,1-2H3. The van der Waals surface area contributed by atoms with Crippen molar-refractivity contribution < 1.29 is 4.79 Å². The molecule has 0 saturated carbocycles. The molecule has 0 atom stereocenters. The summed E-state index contributed by atoms with van der Waals surface area (Å²) in [5.41, 5.74) is 6.76. The highest BCUT2D eigenvalue weighted by molar-refractivity contribution is 6.31. The van der Waals surface area contributed by atoms with Gasteiger partial charge in [-0.05, 0) is 44.0 Å².